The van der Waals surface area contributed by atoms with Gasteiger partial charge in [-0.2, -0.15) is 0 Å². The summed E-state index contributed by atoms with van der Waals surface area (Å²) in [4.78, 5) is 5.56. The maximum absolute atomic E-state index is 6.75. The molecular weight excluding hydrogens is 773 g/mol. The van der Waals surface area contributed by atoms with Crippen molar-refractivity contribution >= 4 is 94.6 Å². The van der Waals surface area contributed by atoms with Crippen LogP contribution in [0.4, 0.5) is 0 Å². The lowest BCUT2D eigenvalue weighted by Crippen LogP contribution is -2.57. The average molecular weight is 806 g/mol. The monoisotopic (exact) mass is 805 g/mol. The van der Waals surface area contributed by atoms with Crippen molar-refractivity contribution in [2.45, 2.75) is 0 Å². The molecule has 63 heavy (non-hydrogen) atoms. The summed E-state index contributed by atoms with van der Waals surface area (Å²) in [5.41, 5.74) is 15.2. The molecule has 0 saturated carbocycles. The van der Waals surface area contributed by atoms with Gasteiger partial charge in [0.2, 0.25) is 5.78 Å². The number of imidazole rings is 2. The summed E-state index contributed by atoms with van der Waals surface area (Å²) >= 11 is 0. The van der Waals surface area contributed by atoms with Gasteiger partial charge >= 0.3 is 0 Å². The lowest BCUT2D eigenvalue weighted by Gasteiger charge is -2.33. The first-order valence-corrected chi connectivity index (χ1v) is 21.4. The predicted octanol–water partition coefficient (Wildman–Crippen LogP) is 11.4. The van der Waals surface area contributed by atoms with E-state index in [9.17, 15) is 0 Å². The zero-order valence-electron chi connectivity index (χ0n) is 33.6. The summed E-state index contributed by atoms with van der Waals surface area (Å²) < 4.78 is 22.9. The van der Waals surface area contributed by atoms with Crippen LogP contribution in [0.2, 0.25) is 0 Å². The van der Waals surface area contributed by atoms with Crippen LogP contribution in [0.5, 0.6) is 23.0 Å². The fourth-order valence-electron chi connectivity index (χ4n) is 10.9. The summed E-state index contributed by atoms with van der Waals surface area (Å²) in [5.74, 6) is 4.27. The van der Waals surface area contributed by atoms with E-state index in [1.54, 1.807) is 0 Å². The van der Waals surface area contributed by atoms with Crippen LogP contribution < -0.4 is 25.9 Å². The number of hydrogen-bond acceptors (Lipinski definition) is 3. The molecule has 0 fully saturated rings. The van der Waals surface area contributed by atoms with Gasteiger partial charge in [-0.25, -0.2) is 4.98 Å². The van der Waals surface area contributed by atoms with Gasteiger partial charge in [-0.05, 0) is 89.8 Å². The molecule has 0 saturated heterocycles. The highest BCUT2D eigenvalue weighted by Crippen LogP contribution is 2.42. The van der Waals surface area contributed by atoms with E-state index in [-0.39, 0.29) is 6.71 Å². The molecule has 0 unspecified atom stereocenters. The highest BCUT2D eigenvalue weighted by molar-refractivity contribution is 6.98. The fraction of sp³-hybridized carbons (Fsp3) is 0. The third-order valence-electron chi connectivity index (χ3n) is 13.5. The van der Waals surface area contributed by atoms with Crippen molar-refractivity contribution in [3.8, 4) is 40.1 Å². The lowest BCUT2D eigenvalue weighted by atomic mass is 9.35. The third-order valence-corrected chi connectivity index (χ3v) is 13.5. The lowest BCUT2D eigenvalue weighted by molar-refractivity contribution is 0.464. The van der Waals surface area contributed by atoms with Gasteiger partial charge in [0, 0.05) is 50.5 Å². The highest BCUT2D eigenvalue weighted by Gasteiger charge is 2.40. The second-order valence-corrected chi connectivity index (χ2v) is 16.7. The van der Waals surface area contributed by atoms with Crippen LogP contribution in [0.25, 0.3) is 88.5 Å². The zero-order valence-corrected chi connectivity index (χ0v) is 33.6. The molecular formula is C55H32BN5O2. The second kappa shape index (κ2) is 12.1. The summed E-state index contributed by atoms with van der Waals surface area (Å²) in [6.07, 6.45) is 0. The normalized spacial score (nSPS) is 13.0. The molecule has 9 aromatic carbocycles. The Morgan fingerprint density at radius 2 is 0.937 bits per heavy atom. The van der Waals surface area contributed by atoms with Gasteiger partial charge < -0.3 is 18.6 Å². The summed E-state index contributed by atoms with van der Waals surface area (Å²) in [6, 6.07) is 69.1. The summed E-state index contributed by atoms with van der Waals surface area (Å²) in [7, 11) is 0. The zero-order chi connectivity index (χ0) is 40.9. The van der Waals surface area contributed by atoms with Gasteiger partial charge in [0.1, 0.15) is 28.5 Å². The van der Waals surface area contributed by atoms with E-state index in [1.807, 2.05) is 12.1 Å². The minimum atomic E-state index is 0.0185. The Hall–Kier alpha value is -8.49. The number of aromatic nitrogens is 5. The van der Waals surface area contributed by atoms with E-state index >= 15 is 0 Å². The van der Waals surface area contributed by atoms with Crippen molar-refractivity contribution < 1.29 is 9.47 Å². The Morgan fingerprint density at radius 3 is 1.67 bits per heavy atom. The van der Waals surface area contributed by atoms with Crippen molar-refractivity contribution in [2.75, 3.05) is 0 Å². The Labute approximate surface area is 359 Å². The molecule has 0 radical (unpaired) electrons. The number of benzene rings is 9. The predicted molar refractivity (Wildman–Crippen MR) is 256 cm³/mol. The molecule has 13 aromatic rings. The number of nitrogens with zero attached hydrogens (tertiary/aromatic N) is 5. The third kappa shape index (κ3) is 4.36. The first kappa shape index (κ1) is 33.3. The van der Waals surface area contributed by atoms with Gasteiger partial charge in [0.15, 0.2) is 0 Å². The number of fused-ring (bicyclic) bond motifs is 16. The molecule has 4 aromatic heterocycles. The van der Waals surface area contributed by atoms with Gasteiger partial charge in [-0.3, -0.25) is 8.97 Å². The van der Waals surface area contributed by atoms with Crippen LogP contribution in [0.15, 0.2) is 194 Å². The maximum Gasteiger partial charge on any atom is 0.260 e. The Bertz CT molecular complexity index is 4050. The molecule has 0 atom stereocenters. The fourth-order valence-corrected chi connectivity index (χ4v) is 10.9. The summed E-state index contributed by atoms with van der Waals surface area (Å²) in [5, 5.41) is 4.67. The molecule has 0 amide bonds. The van der Waals surface area contributed by atoms with Crippen LogP contribution in [-0.4, -0.2) is 29.8 Å². The van der Waals surface area contributed by atoms with E-state index in [4.69, 9.17) is 14.5 Å². The molecule has 0 N–H and O–H groups in total. The van der Waals surface area contributed by atoms with Crippen molar-refractivity contribution in [1.82, 2.24) is 23.1 Å². The first-order chi connectivity index (χ1) is 31.3. The van der Waals surface area contributed by atoms with E-state index in [1.165, 1.54) is 10.8 Å². The Kier molecular flexibility index (Phi) is 6.38. The molecule has 2 aliphatic heterocycles. The maximum atomic E-state index is 6.75. The Balaban J connectivity index is 0.978. The number of hydrogen-bond donors (Lipinski definition) is 0. The first-order valence-electron chi connectivity index (χ1n) is 21.4. The SMILES string of the molecule is c1ccc(-n2c3ccccc3n3c4ccc5c6ccccc6n(-c6ccc7c(c6)c6ccccc6n7-c6cc7c8c(c6)Oc6ccccc6B8c6ccccc6O7)c5c4nc23)cc1. The van der Waals surface area contributed by atoms with Crippen LogP contribution in [0.1, 0.15) is 0 Å². The minimum absolute atomic E-state index is 0.0185. The standard InChI is InChI=1S/C55H32BN5O2/c1-2-14-33(15-3-1)60-45-22-10-11-23-46(45)61-47-29-27-38-36-16-4-9-21-43(36)59(54(38)53(47)57-55(60)61)34-26-28-44-39(30-34)37-17-5-8-20-42(37)58(44)35-31-50-52-51(32-35)63-49-25-13-7-19-41(49)56(52)40-18-6-12-24-48(40)62-50/h1-32H. The topological polar surface area (TPSA) is 50.5 Å². The average Bonchev–Trinajstić information content (AvgIpc) is 4.07. The molecule has 0 spiro atoms. The Morgan fingerprint density at radius 1 is 0.365 bits per heavy atom. The molecule has 15 rings (SSSR count). The second-order valence-electron chi connectivity index (χ2n) is 16.7. The van der Waals surface area contributed by atoms with Crippen LogP contribution >= 0.6 is 0 Å². The van der Waals surface area contributed by atoms with Crippen LogP contribution in [0, 0.1) is 0 Å². The van der Waals surface area contributed by atoms with Crippen molar-refractivity contribution in [3.05, 3.63) is 194 Å². The van der Waals surface area contributed by atoms with Crippen LogP contribution in [0.3, 0.4) is 0 Å². The van der Waals surface area contributed by atoms with Crippen molar-refractivity contribution in [2.24, 2.45) is 0 Å². The molecule has 0 aliphatic carbocycles. The summed E-state index contributed by atoms with van der Waals surface area (Å²) in [6.45, 7) is 0.0185. The molecule has 2 aliphatic rings. The van der Waals surface area contributed by atoms with E-state index in [0.29, 0.717) is 0 Å². The minimum Gasteiger partial charge on any atom is -0.458 e. The van der Waals surface area contributed by atoms with E-state index in [0.717, 1.165) is 117 Å². The van der Waals surface area contributed by atoms with E-state index in [2.05, 4.69) is 200 Å². The molecule has 292 valence electrons. The van der Waals surface area contributed by atoms with Gasteiger partial charge in [-0.1, -0.05) is 103 Å². The smallest absolute Gasteiger partial charge is 0.260 e. The van der Waals surface area contributed by atoms with E-state index < -0.39 is 0 Å². The van der Waals surface area contributed by atoms with Crippen LogP contribution in [-0.2, 0) is 0 Å². The van der Waals surface area contributed by atoms with Gasteiger partial charge in [-0.15, -0.1) is 0 Å². The molecule has 6 heterocycles. The van der Waals surface area contributed by atoms with Gasteiger partial charge in [0.05, 0.1) is 44.3 Å². The molecule has 0 bridgehead atoms. The highest BCUT2D eigenvalue weighted by atomic mass is 16.5. The molecule has 8 heteroatoms. The quantitative estimate of drug-likeness (QED) is 0.167. The van der Waals surface area contributed by atoms with Crippen molar-refractivity contribution in [3.63, 3.8) is 0 Å². The number of para-hydroxylation sites is 7. The molecule has 7 nitrogen and oxygen atoms in total. The largest absolute Gasteiger partial charge is 0.458 e. The van der Waals surface area contributed by atoms with Crippen molar-refractivity contribution in [1.29, 1.82) is 0 Å². The number of ether oxygens (including phenoxy) is 2. The number of rotatable bonds is 3. The van der Waals surface area contributed by atoms with Gasteiger partial charge in [0.25, 0.3) is 6.71 Å².